The average Bonchev–Trinajstić information content (AvgIpc) is 2.83. The van der Waals surface area contributed by atoms with E-state index in [2.05, 4.69) is 10.3 Å². The van der Waals surface area contributed by atoms with Crippen LogP contribution in [0.5, 0.6) is 0 Å². The third kappa shape index (κ3) is 3.51. The summed E-state index contributed by atoms with van der Waals surface area (Å²) < 4.78 is 1.75. The Bertz CT molecular complexity index is 590. The number of aromatic nitrogens is 2. The van der Waals surface area contributed by atoms with Crippen LogP contribution >= 0.6 is 0 Å². The largest absolute Gasteiger partial charge is 0.345 e. The van der Waals surface area contributed by atoms with Crippen molar-refractivity contribution in [3.63, 3.8) is 0 Å². The molecule has 0 aliphatic rings. The first-order chi connectivity index (χ1) is 9.19. The summed E-state index contributed by atoms with van der Waals surface area (Å²) in [6.45, 7) is 2.41. The topological polar surface area (TPSA) is 64.0 Å². The molecule has 2 rings (SSSR count). The smallest absolute Gasteiger partial charge is 0.227 e. The Hall–Kier alpha value is -2.43. The van der Waals surface area contributed by atoms with Crippen LogP contribution in [-0.4, -0.2) is 21.7 Å². The molecule has 0 unspecified atom stereocenters. The van der Waals surface area contributed by atoms with Gasteiger partial charge in [0.1, 0.15) is 5.82 Å². The molecule has 2 aromatic rings. The summed E-state index contributed by atoms with van der Waals surface area (Å²) in [6.07, 6.45) is 4.51. The molecule has 0 fully saturated rings. The van der Waals surface area contributed by atoms with Gasteiger partial charge in [-0.25, -0.2) is 4.98 Å². The van der Waals surface area contributed by atoms with E-state index in [9.17, 15) is 9.59 Å². The third-order valence-electron chi connectivity index (χ3n) is 2.75. The maximum Gasteiger partial charge on any atom is 0.227 e. The van der Waals surface area contributed by atoms with Gasteiger partial charge >= 0.3 is 0 Å². The fourth-order valence-electron chi connectivity index (χ4n) is 1.77. The molecule has 98 valence electrons. The van der Waals surface area contributed by atoms with Crippen molar-refractivity contribution >= 4 is 18.0 Å². The number of hydrogen-bond acceptors (Lipinski definition) is 3. The fourth-order valence-corrected chi connectivity index (χ4v) is 1.77. The quantitative estimate of drug-likeness (QED) is 0.833. The van der Waals surface area contributed by atoms with Gasteiger partial charge < -0.3 is 9.88 Å². The summed E-state index contributed by atoms with van der Waals surface area (Å²) in [5, 5.41) is 2.73. The van der Waals surface area contributed by atoms with E-state index in [1.165, 1.54) is 0 Å². The number of carbonyl (C=O) groups excluding carboxylic acids is 2. The van der Waals surface area contributed by atoms with Gasteiger partial charge in [-0.2, -0.15) is 0 Å². The van der Waals surface area contributed by atoms with Gasteiger partial charge in [-0.15, -0.1) is 0 Å². The molecular weight excluding hydrogens is 242 g/mol. The van der Waals surface area contributed by atoms with Crippen molar-refractivity contribution < 1.29 is 9.59 Å². The monoisotopic (exact) mass is 257 g/mol. The van der Waals surface area contributed by atoms with Crippen molar-refractivity contribution in [1.82, 2.24) is 9.55 Å². The van der Waals surface area contributed by atoms with Gasteiger partial charge in [0.2, 0.25) is 5.91 Å². The van der Waals surface area contributed by atoms with E-state index in [1.54, 1.807) is 29.1 Å². The van der Waals surface area contributed by atoms with Crippen molar-refractivity contribution in [3.05, 3.63) is 47.9 Å². The molecule has 0 aromatic carbocycles. The van der Waals surface area contributed by atoms with Crippen LogP contribution < -0.4 is 5.32 Å². The zero-order valence-electron chi connectivity index (χ0n) is 10.7. The lowest BCUT2D eigenvalue weighted by atomic mass is 10.3. The number of aldehydes is 1. The van der Waals surface area contributed by atoms with E-state index < -0.39 is 0 Å². The molecule has 0 aliphatic carbocycles. The van der Waals surface area contributed by atoms with Gasteiger partial charge in [-0.1, -0.05) is 0 Å². The number of aryl methyl sites for hydroxylation is 2. The van der Waals surface area contributed by atoms with E-state index in [1.807, 2.05) is 19.1 Å². The highest BCUT2D eigenvalue weighted by Crippen LogP contribution is 2.06. The minimum absolute atomic E-state index is 0.122. The van der Waals surface area contributed by atoms with Gasteiger partial charge in [-0.3, -0.25) is 9.59 Å². The summed E-state index contributed by atoms with van der Waals surface area (Å²) in [6, 6.07) is 7.17. The number of carbonyl (C=O) groups is 2. The highest BCUT2D eigenvalue weighted by Gasteiger charge is 2.05. The molecule has 0 saturated carbocycles. The molecule has 0 saturated heterocycles. The van der Waals surface area contributed by atoms with E-state index in [4.69, 9.17) is 0 Å². The number of rotatable bonds is 5. The van der Waals surface area contributed by atoms with Crippen LogP contribution in [0.3, 0.4) is 0 Å². The minimum Gasteiger partial charge on any atom is -0.345 e. The van der Waals surface area contributed by atoms with E-state index in [-0.39, 0.29) is 5.91 Å². The molecule has 2 aromatic heterocycles. The zero-order valence-corrected chi connectivity index (χ0v) is 10.7. The predicted octanol–water partition coefficient (Wildman–Crippen LogP) is 2.03. The van der Waals surface area contributed by atoms with Gasteiger partial charge in [0.15, 0.2) is 6.29 Å². The molecule has 5 nitrogen and oxygen atoms in total. The molecule has 0 aliphatic heterocycles. The molecule has 0 atom stereocenters. The highest BCUT2D eigenvalue weighted by molar-refractivity contribution is 5.89. The first-order valence-corrected chi connectivity index (χ1v) is 6.02. The van der Waals surface area contributed by atoms with Crippen LogP contribution in [0.1, 0.15) is 22.5 Å². The van der Waals surface area contributed by atoms with Crippen molar-refractivity contribution in [2.45, 2.75) is 19.9 Å². The Balaban J connectivity index is 1.90. The van der Waals surface area contributed by atoms with Crippen LogP contribution in [-0.2, 0) is 11.3 Å². The van der Waals surface area contributed by atoms with Crippen molar-refractivity contribution in [3.8, 4) is 0 Å². The SMILES string of the molecule is Cc1ccnc(NC(=O)CCn2cccc2C=O)c1. The summed E-state index contributed by atoms with van der Waals surface area (Å²) in [7, 11) is 0. The van der Waals surface area contributed by atoms with Crippen LogP contribution in [0.25, 0.3) is 0 Å². The van der Waals surface area contributed by atoms with E-state index in [0.29, 0.717) is 24.5 Å². The van der Waals surface area contributed by atoms with Crippen LogP contribution in [0.15, 0.2) is 36.7 Å². The Labute approximate surface area is 111 Å². The maximum absolute atomic E-state index is 11.8. The fraction of sp³-hybridized carbons (Fsp3) is 0.214. The van der Waals surface area contributed by atoms with Gasteiger partial charge in [-0.05, 0) is 36.8 Å². The lowest BCUT2D eigenvalue weighted by molar-refractivity contribution is -0.116. The molecule has 0 spiro atoms. The van der Waals surface area contributed by atoms with Crippen molar-refractivity contribution in [2.75, 3.05) is 5.32 Å². The van der Waals surface area contributed by atoms with Crippen molar-refractivity contribution in [2.24, 2.45) is 0 Å². The van der Waals surface area contributed by atoms with Gasteiger partial charge in [0, 0.05) is 25.4 Å². The second-order valence-corrected chi connectivity index (χ2v) is 4.26. The first-order valence-electron chi connectivity index (χ1n) is 6.02. The Morgan fingerprint density at radius 2 is 2.32 bits per heavy atom. The number of anilines is 1. The Morgan fingerprint density at radius 3 is 3.05 bits per heavy atom. The molecule has 19 heavy (non-hydrogen) atoms. The highest BCUT2D eigenvalue weighted by atomic mass is 16.1. The normalized spacial score (nSPS) is 10.2. The number of pyridine rings is 1. The summed E-state index contributed by atoms with van der Waals surface area (Å²) in [5.41, 5.74) is 1.61. The second kappa shape index (κ2) is 5.95. The standard InChI is InChI=1S/C14H15N3O2/c1-11-4-6-15-13(9-11)16-14(19)5-8-17-7-2-3-12(17)10-18/h2-4,6-7,9-10H,5,8H2,1H3,(H,15,16,19). The van der Waals surface area contributed by atoms with Crippen molar-refractivity contribution in [1.29, 1.82) is 0 Å². The number of hydrogen-bond donors (Lipinski definition) is 1. The van der Waals surface area contributed by atoms with Crippen LogP contribution in [0.4, 0.5) is 5.82 Å². The molecule has 0 bridgehead atoms. The molecule has 5 heteroatoms. The van der Waals surface area contributed by atoms with E-state index in [0.717, 1.165) is 11.8 Å². The third-order valence-corrected chi connectivity index (χ3v) is 2.75. The van der Waals surface area contributed by atoms with E-state index >= 15 is 0 Å². The Morgan fingerprint density at radius 1 is 1.47 bits per heavy atom. The molecule has 1 N–H and O–H groups in total. The lowest BCUT2D eigenvalue weighted by Crippen LogP contribution is -2.15. The average molecular weight is 257 g/mol. The second-order valence-electron chi connectivity index (χ2n) is 4.26. The molecule has 0 radical (unpaired) electrons. The maximum atomic E-state index is 11.8. The molecular formula is C14H15N3O2. The van der Waals surface area contributed by atoms with Gasteiger partial charge in [0.25, 0.3) is 0 Å². The predicted molar refractivity (Wildman–Crippen MR) is 72.0 cm³/mol. The molecule has 2 heterocycles. The molecule has 1 amide bonds. The summed E-state index contributed by atoms with van der Waals surface area (Å²) in [4.78, 5) is 26.6. The zero-order chi connectivity index (χ0) is 13.7. The minimum atomic E-state index is -0.122. The lowest BCUT2D eigenvalue weighted by Gasteiger charge is -2.07. The van der Waals surface area contributed by atoms with Crippen LogP contribution in [0, 0.1) is 6.92 Å². The summed E-state index contributed by atoms with van der Waals surface area (Å²) >= 11 is 0. The van der Waals surface area contributed by atoms with Gasteiger partial charge in [0.05, 0.1) is 5.69 Å². The Kier molecular flexibility index (Phi) is 4.07. The first kappa shape index (κ1) is 13.0. The number of amides is 1. The number of nitrogens with one attached hydrogen (secondary N) is 1. The summed E-state index contributed by atoms with van der Waals surface area (Å²) in [5.74, 6) is 0.428. The number of nitrogens with zero attached hydrogens (tertiary/aromatic N) is 2. The van der Waals surface area contributed by atoms with Crippen LogP contribution in [0.2, 0.25) is 0 Å².